The second kappa shape index (κ2) is 2.54. The standard InChI is InChI=1S/C8H10OS/c1-5-4-10-8(6(5)2)7(3)9/h4H,1-3H3. The molecular formula is C8H10OS. The van der Waals surface area contributed by atoms with Crippen LogP contribution in [0.2, 0.25) is 0 Å². The molecule has 2 heteroatoms. The maximum absolute atomic E-state index is 10.9. The highest BCUT2D eigenvalue weighted by Crippen LogP contribution is 2.20. The molecule has 10 heavy (non-hydrogen) atoms. The fourth-order valence-electron chi connectivity index (χ4n) is 0.850. The number of rotatable bonds is 1. The van der Waals surface area contributed by atoms with Gasteiger partial charge in [0.1, 0.15) is 0 Å². The second-order valence-corrected chi connectivity index (χ2v) is 3.31. The minimum atomic E-state index is 0.176. The number of Topliss-reactive ketones (excluding diaryl/α,β-unsaturated/α-hetero) is 1. The summed E-state index contributed by atoms with van der Waals surface area (Å²) in [6.07, 6.45) is 0. The van der Waals surface area contributed by atoms with Crippen molar-refractivity contribution in [2.45, 2.75) is 20.8 Å². The van der Waals surface area contributed by atoms with Crippen molar-refractivity contribution in [3.63, 3.8) is 0 Å². The average Bonchev–Trinajstić information content (AvgIpc) is 2.14. The van der Waals surface area contributed by atoms with E-state index >= 15 is 0 Å². The smallest absolute Gasteiger partial charge is 0.169 e. The molecule has 1 aromatic heterocycles. The van der Waals surface area contributed by atoms with Crippen LogP contribution in [-0.4, -0.2) is 5.78 Å². The van der Waals surface area contributed by atoms with Crippen LogP contribution in [0, 0.1) is 13.8 Å². The lowest BCUT2D eigenvalue weighted by Gasteiger charge is -1.91. The van der Waals surface area contributed by atoms with Crippen molar-refractivity contribution in [3.05, 3.63) is 21.4 Å². The Bertz CT molecular complexity index is 260. The molecule has 0 aliphatic carbocycles. The zero-order chi connectivity index (χ0) is 7.72. The lowest BCUT2D eigenvalue weighted by molar-refractivity contribution is 0.102. The lowest BCUT2D eigenvalue weighted by atomic mass is 10.1. The molecule has 0 bridgehead atoms. The summed E-state index contributed by atoms with van der Waals surface area (Å²) in [5.74, 6) is 0.176. The molecule has 1 heterocycles. The van der Waals surface area contributed by atoms with Crippen LogP contribution in [0.1, 0.15) is 27.7 Å². The molecule has 0 N–H and O–H groups in total. The first-order chi connectivity index (χ1) is 4.63. The van der Waals surface area contributed by atoms with Crippen LogP contribution in [0.5, 0.6) is 0 Å². The van der Waals surface area contributed by atoms with Crippen molar-refractivity contribution >= 4 is 17.1 Å². The average molecular weight is 154 g/mol. The van der Waals surface area contributed by atoms with E-state index in [1.807, 2.05) is 19.2 Å². The predicted octanol–water partition coefficient (Wildman–Crippen LogP) is 2.57. The summed E-state index contributed by atoms with van der Waals surface area (Å²) in [7, 11) is 0. The summed E-state index contributed by atoms with van der Waals surface area (Å²) >= 11 is 1.53. The van der Waals surface area contributed by atoms with Crippen LogP contribution >= 0.6 is 11.3 Å². The molecule has 0 saturated heterocycles. The van der Waals surface area contributed by atoms with Gasteiger partial charge in [-0.15, -0.1) is 11.3 Å². The number of hydrogen-bond acceptors (Lipinski definition) is 2. The summed E-state index contributed by atoms with van der Waals surface area (Å²) in [5, 5.41) is 2.02. The molecule has 0 aromatic carbocycles. The molecule has 0 atom stereocenters. The van der Waals surface area contributed by atoms with Gasteiger partial charge >= 0.3 is 0 Å². The van der Waals surface area contributed by atoms with Gasteiger partial charge in [-0.2, -0.15) is 0 Å². The zero-order valence-electron chi connectivity index (χ0n) is 6.39. The second-order valence-electron chi connectivity index (χ2n) is 2.43. The van der Waals surface area contributed by atoms with Crippen LogP contribution < -0.4 is 0 Å². The predicted molar refractivity (Wildman–Crippen MR) is 43.8 cm³/mol. The van der Waals surface area contributed by atoms with Crippen LogP contribution in [0.4, 0.5) is 0 Å². The first-order valence-electron chi connectivity index (χ1n) is 3.18. The number of carbonyl (C=O) groups excluding carboxylic acids is 1. The number of hydrogen-bond donors (Lipinski definition) is 0. The molecule has 1 aromatic rings. The quantitative estimate of drug-likeness (QED) is 0.568. The molecule has 0 spiro atoms. The lowest BCUT2D eigenvalue weighted by Crippen LogP contribution is -1.89. The fraction of sp³-hybridized carbons (Fsp3) is 0.375. The molecular weight excluding hydrogens is 144 g/mol. The maximum atomic E-state index is 10.9. The molecule has 1 rings (SSSR count). The van der Waals surface area contributed by atoms with Gasteiger partial charge in [-0.3, -0.25) is 4.79 Å². The first kappa shape index (κ1) is 7.48. The van der Waals surface area contributed by atoms with Crippen LogP contribution in [0.3, 0.4) is 0 Å². The van der Waals surface area contributed by atoms with E-state index in [9.17, 15) is 4.79 Å². The number of aryl methyl sites for hydroxylation is 1. The van der Waals surface area contributed by atoms with E-state index in [-0.39, 0.29) is 5.78 Å². The zero-order valence-corrected chi connectivity index (χ0v) is 7.21. The number of carbonyl (C=O) groups is 1. The summed E-state index contributed by atoms with van der Waals surface area (Å²) in [6.45, 7) is 5.62. The van der Waals surface area contributed by atoms with E-state index in [0.717, 1.165) is 10.4 Å². The topological polar surface area (TPSA) is 17.1 Å². The first-order valence-corrected chi connectivity index (χ1v) is 4.06. The van der Waals surface area contributed by atoms with E-state index in [1.165, 1.54) is 16.9 Å². The molecule has 0 aliphatic rings. The molecule has 1 nitrogen and oxygen atoms in total. The Labute approximate surface area is 64.7 Å². The van der Waals surface area contributed by atoms with E-state index in [1.54, 1.807) is 6.92 Å². The Balaban J connectivity index is 3.17. The summed E-state index contributed by atoms with van der Waals surface area (Å²) in [6, 6.07) is 0. The SMILES string of the molecule is CC(=O)c1scc(C)c1C. The van der Waals surface area contributed by atoms with Gasteiger partial charge in [0.25, 0.3) is 0 Å². The normalized spacial score (nSPS) is 9.90. The Morgan fingerprint density at radius 3 is 2.30 bits per heavy atom. The highest BCUT2D eigenvalue weighted by Gasteiger charge is 2.06. The van der Waals surface area contributed by atoms with E-state index in [0.29, 0.717) is 0 Å². The molecule has 0 amide bonds. The molecule has 0 radical (unpaired) electrons. The maximum Gasteiger partial charge on any atom is 0.169 e. The molecule has 0 aliphatic heterocycles. The van der Waals surface area contributed by atoms with Gasteiger partial charge in [-0.25, -0.2) is 0 Å². The van der Waals surface area contributed by atoms with Crippen molar-refractivity contribution in [2.75, 3.05) is 0 Å². The molecule has 0 unspecified atom stereocenters. The largest absolute Gasteiger partial charge is 0.294 e. The third-order valence-corrected chi connectivity index (χ3v) is 2.91. The minimum absolute atomic E-state index is 0.176. The van der Waals surface area contributed by atoms with Gasteiger partial charge in [0.15, 0.2) is 5.78 Å². The van der Waals surface area contributed by atoms with E-state index < -0.39 is 0 Å². The minimum Gasteiger partial charge on any atom is -0.294 e. The van der Waals surface area contributed by atoms with Crippen molar-refractivity contribution < 1.29 is 4.79 Å². The third-order valence-electron chi connectivity index (χ3n) is 1.61. The van der Waals surface area contributed by atoms with Gasteiger partial charge in [0, 0.05) is 0 Å². The van der Waals surface area contributed by atoms with Crippen molar-refractivity contribution in [3.8, 4) is 0 Å². The summed E-state index contributed by atoms with van der Waals surface area (Å²) in [5.41, 5.74) is 2.35. The third kappa shape index (κ3) is 1.12. The van der Waals surface area contributed by atoms with Gasteiger partial charge in [0.05, 0.1) is 4.88 Å². The highest BCUT2D eigenvalue weighted by atomic mass is 32.1. The van der Waals surface area contributed by atoms with Gasteiger partial charge < -0.3 is 0 Å². The fourth-order valence-corrected chi connectivity index (χ4v) is 1.83. The monoisotopic (exact) mass is 154 g/mol. The van der Waals surface area contributed by atoms with Crippen LogP contribution in [-0.2, 0) is 0 Å². The van der Waals surface area contributed by atoms with Crippen molar-refractivity contribution in [1.82, 2.24) is 0 Å². The van der Waals surface area contributed by atoms with Gasteiger partial charge in [-0.05, 0) is 37.3 Å². The van der Waals surface area contributed by atoms with Crippen LogP contribution in [0.25, 0.3) is 0 Å². The van der Waals surface area contributed by atoms with Crippen LogP contribution in [0.15, 0.2) is 5.38 Å². The highest BCUT2D eigenvalue weighted by molar-refractivity contribution is 7.12. The molecule has 54 valence electrons. The summed E-state index contributed by atoms with van der Waals surface area (Å²) < 4.78 is 0. The number of ketones is 1. The van der Waals surface area contributed by atoms with Gasteiger partial charge in [-0.1, -0.05) is 0 Å². The van der Waals surface area contributed by atoms with Crippen molar-refractivity contribution in [1.29, 1.82) is 0 Å². The summed E-state index contributed by atoms with van der Waals surface area (Å²) in [4.78, 5) is 11.8. The number of thiophene rings is 1. The Kier molecular flexibility index (Phi) is 1.90. The van der Waals surface area contributed by atoms with E-state index in [4.69, 9.17) is 0 Å². The Morgan fingerprint density at radius 1 is 1.50 bits per heavy atom. The van der Waals surface area contributed by atoms with E-state index in [2.05, 4.69) is 0 Å². The molecule has 0 saturated carbocycles. The van der Waals surface area contributed by atoms with Gasteiger partial charge in [0.2, 0.25) is 0 Å². The molecule has 0 fully saturated rings. The van der Waals surface area contributed by atoms with Crippen molar-refractivity contribution in [2.24, 2.45) is 0 Å². The Morgan fingerprint density at radius 2 is 2.10 bits per heavy atom. The Hall–Kier alpha value is -0.630.